The molecule has 0 aliphatic heterocycles. The second-order valence-electron chi connectivity index (χ2n) is 4.56. The van der Waals surface area contributed by atoms with Crippen LogP contribution in [0.2, 0.25) is 0 Å². The lowest BCUT2D eigenvalue weighted by atomic mass is 9.96. The summed E-state index contributed by atoms with van der Waals surface area (Å²) in [6.45, 7) is 2.04. The molecule has 1 heterocycles. The second kappa shape index (κ2) is 7.73. The maximum absolute atomic E-state index is 13.0. The molecule has 3 nitrogen and oxygen atoms in total. The third kappa shape index (κ3) is 5.58. The van der Waals surface area contributed by atoms with Crippen molar-refractivity contribution in [2.24, 2.45) is 0 Å². The minimum atomic E-state index is -4.33. The lowest BCUT2D eigenvalue weighted by Gasteiger charge is -2.20. The van der Waals surface area contributed by atoms with Gasteiger partial charge in [-0.15, -0.1) is 0 Å². The molecule has 0 radical (unpaired) electrons. The quantitative estimate of drug-likeness (QED) is 0.841. The van der Waals surface area contributed by atoms with Crippen molar-refractivity contribution in [3.63, 3.8) is 0 Å². The van der Waals surface area contributed by atoms with Gasteiger partial charge >= 0.3 is 6.18 Å². The summed E-state index contributed by atoms with van der Waals surface area (Å²) in [7, 11) is -1.30. The number of hydrogen-bond acceptors (Lipinski definition) is 2. The van der Waals surface area contributed by atoms with Gasteiger partial charge in [0.2, 0.25) is 0 Å². The molecule has 0 amide bonds. The van der Waals surface area contributed by atoms with Gasteiger partial charge in [0.05, 0.1) is 16.9 Å². The molecule has 2 unspecified atom stereocenters. The predicted octanol–water partition coefficient (Wildman–Crippen LogP) is 2.95. The number of rotatable bonds is 7. The summed E-state index contributed by atoms with van der Waals surface area (Å²) in [5, 5.41) is 0. The maximum Gasteiger partial charge on any atom is 0.395 e. The van der Waals surface area contributed by atoms with E-state index in [1.165, 1.54) is 18.5 Å². The Morgan fingerprint density at radius 2 is 2.10 bits per heavy atom. The number of nitrogens with one attached hydrogen (secondary N) is 1. The van der Waals surface area contributed by atoms with Crippen molar-refractivity contribution in [2.75, 3.05) is 12.8 Å². The SMILES string of the molecule is CCCc1ccc(C(CCNS(C)=O)C(F)(F)F)cn1. The van der Waals surface area contributed by atoms with E-state index in [4.69, 9.17) is 0 Å². The van der Waals surface area contributed by atoms with Crippen LogP contribution < -0.4 is 4.72 Å². The van der Waals surface area contributed by atoms with Gasteiger partial charge in [-0.25, -0.2) is 8.93 Å². The normalized spacial score (nSPS) is 15.1. The molecule has 0 bridgehead atoms. The van der Waals surface area contributed by atoms with Crippen LogP contribution in [0.4, 0.5) is 13.2 Å². The van der Waals surface area contributed by atoms with Crippen molar-refractivity contribution in [3.8, 4) is 0 Å². The van der Waals surface area contributed by atoms with E-state index in [1.807, 2.05) is 6.92 Å². The maximum atomic E-state index is 13.0. The molecule has 0 aliphatic rings. The predicted molar refractivity (Wildman–Crippen MR) is 73.7 cm³/mol. The van der Waals surface area contributed by atoms with Crippen LogP contribution in [-0.4, -0.2) is 28.2 Å². The van der Waals surface area contributed by atoms with E-state index in [0.717, 1.165) is 18.5 Å². The number of hydrogen-bond donors (Lipinski definition) is 1. The van der Waals surface area contributed by atoms with Gasteiger partial charge in [-0.1, -0.05) is 19.4 Å². The first-order valence-electron chi connectivity index (χ1n) is 6.43. The Kier molecular flexibility index (Phi) is 6.61. The number of pyridine rings is 1. The van der Waals surface area contributed by atoms with Crippen molar-refractivity contribution in [2.45, 2.75) is 38.3 Å². The van der Waals surface area contributed by atoms with E-state index in [2.05, 4.69) is 9.71 Å². The number of halogens is 3. The molecule has 114 valence electrons. The number of alkyl halides is 3. The highest BCUT2D eigenvalue weighted by Crippen LogP contribution is 2.36. The van der Waals surface area contributed by atoms with Crippen LogP contribution >= 0.6 is 0 Å². The summed E-state index contributed by atoms with van der Waals surface area (Å²) in [6.07, 6.45) is -0.132. The third-order valence-corrected chi connectivity index (χ3v) is 3.50. The van der Waals surface area contributed by atoms with Crippen molar-refractivity contribution in [3.05, 3.63) is 29.6 Å². The van der Waals surface area contributed by atoms with Gasteiger partial charge in [0.1, 0.15) is 0 Å². The Labute approximate surface area is 119 Å². The number of aromatic nitrogens is 1. The molecule has 7 heteroatoms. The Morgan fingerprint density at radius 3 is 2.55 bits per heavy atom. The average Bonchev–Trinajstić information content (AvgIpc) is 2.34. The molecule has 20 heavy (non-hydrogen) atoms. The van der Waals surface area contributed by atoms with Crippen LogP contribution in [0, 0.1) is 0 Å². The van der Waals surface area contributed by atoms with Crippen LogP contribution in [0.1, 0.15) is 36.9 Å². The van der Waals surface area contributed by atoms with E-state index >= 15 is 0 Å². The van der Waals surface area contributed by atoms with Crippen molar-refractivity contribution in [1.82, 2.24) is 9.71 Å². The zero-order valence-corrected chi connectivity index (χ0v) is 12.4. The second-order valence-corrected chi connectivity index (χ2v) is 5.76. The summed E-state index contributed by atoms with van der Waals surface area (Å²) in [4.78, 5) is 4.07. The molecule has 0 saturated carbocycles. The summed E-state index contributed by atoms with van der Waals surface area (Å²) >= 11 is 0. The minimum absolute atomic E-state index is 0.0456. The highest BCUT2D eigenvalue weighted by molar-refractivity contribution is 7.82. The van der Waals surface area contributed by atoms with Gasteiger partial charge < -0.3 is 0 Å². The number of aryl methyl sites for hydroxylation is 1. The van der Waals surface area contributed by atoms with Gasteiger partial charge in [-0.05, 0) is 24.5 Å². The van der Waals surface area contributed by atoms with Gasteiger partial charge in [0, 0.05) is 24.7 Å². The Hall–Kier alpha value is -0.950. The van der Waals surface area contributed by atoms with Gasteiger partial charge in [-0.3, -0.25) is 4.98 Å². The fourth-order valence-electron chi connectivity index (χ4n) is 1.91. The molecule has 1 aromatic heterocycles. The average molecular weight is 308 g/mol. The first kappa shape index (κ1) is 17.1. The van der Waals surface area contributed by atoms with Crippen LogP contribution in [0.25, 0.3) is 0 Å². The van der Waals surface area contributed by atoms with Gasteiger partial charge in [-0.2, -0.15) is 13.2 Å². The minimum Gasteiger partial charge on any atom is -0.261 e. The monoisotopic (exact) mass is 308 g/mol. The molecule has 0 spiro atoms. The third-order valence-electron chi connectivity index (χ3n) is 2.89. The van der Waals surface area contributed by atoms with E-state index in [9.17, 15) is 17.4 Å². The Bertz CT molecular complexity index is 434. The summed E-state index contributed by atoms with van der Waals surface area (Å²) < 4.78 is 52.5. The number of nitrogens with zero attached hydrogens (tertiary/aromatic N) is 1. The molecule has 1 rings (SSSR count). The molecular formula is C13H19F3N2OS. The standard InChI is InChI=1S/C13H19F3N2OS/c1-3-4-11-6-5-10(9-17-11)12(13(14,15)16)7-8-18-20(2)19/h5-6,9,12,18H,3-4,7-8H2,1-2H3. The largest absolute Gasteiger partial charge is 0.395 e. The van der Waals surface area contributed by atoms with Crippen LogP contribution in [0.5, 0.6) is 0 Å². The van der Waals surface area contributed by atoms with Gasteiger partial charge in [0.15, 0.2) is 0 Å². The Morgan fingerprint density at radius 1 is 1.40 bits per heavy atom. The first-order chi connectivity index (χ1) is 9.34. The molecule has 1 N–H and O–H groups in total. The first-order valence-corrected chi connectivity index (χ1v) is 7.99. The molecule has 1 aromatic rings. The van der Waals surface area contributed by atoms with Crippen molar-refractivity contribution >= 4 is 11.0 Å². The molecule has 0 aromatic carbocycles. The highest BCUT2D eigenvalue weighted by Gasteiger charge is 2.40. The fourth-order valence-corrected chi connectivity index (χ4v) is 2.32. The van der Waals surface area contributed by atoms with Crippen LogP contribution in [0.3, 0.4) is 0 Å². The van der Waals surface area contributed by atoms with Crippen LogP contribution in [-0.2, 0) is 17.4 Å². The van der Waals surface area contributed by atoms with E-state index in [-0.39, 0.29) is 18.5 Å². The smallest absolute Gasteiger partial charge is 0.261 e. The zero-order chi connectivity index (χ0) is 15.2. The van der Waals surface area contributed by atoms with Gasteiger partial charge in [0.25, 0.3) is 0 Å². The molecular weight excluding hydrogens is 289 g/mol. The fraction of sp³-hybridized carbons (Fsp3) is 0.615. The highest BCUT2D eigenvalue weighted by atomic mass is 32.2. The van der Waals surface area contributed by atoms with E-state index in [1.54, 1.807) is 6.07 Å². The van der Waals surface area contributed by atoms with Crippen molar-refractivity contribution < 1.29 is 17.4 Å². The van der Waals surface area contributed by atoms with E-state index < -0.39 is 23.1 Å². The molecule has 0 aliphatic carbocycles. The lowest BCUT2D eigenvalue weighted by molar-refractivity contribution is -0.151. The van der Waals surface area contributed by atoms with E-state index in [0.29, 0.717) is 0 Å². The molecule has 0 fully saturated rings. The summed E-state index contributed by atoms with van der Waals surface area (Å²) in [6, 6.07) is 3.13. The molecule has 0 saturated heterocycles. The van der Waals surface area contributed by atoms with Crippen LogP contribution in [0.15, 0.2) is 18.3 Å². The Balaban J connectivity index is 2.79. The molecule has 2 atom stereocenters. The summed E-state index contributed by atoms with van der Waals surface area (Å²) in [5.74, 6) is -1.58. The lowest BCUT2D eigenvalue weighted by Crippen LogP contribution is -2.26. The topological polar surface area (TPSA) is 42.0 Å². The zero-order valence-electron chi connectivity index (χ0n) is 11.5. The summed E-state index contributed by atoms with van der Waals surface area (Å²) in [5.41, 5.74) is 0.950. The van der Waals surface area contributed by atoms with Crippen molar-refractivity contribution in [1.29, 1.82) is 0 Å².